The molecule has 0 spiro atoms. The van der Waals surface area contributed by atoms with Gasteiger partial charge in [0.05, 0.1) is 11.4 Å². The highest BCUT2D eigenvalue weighted by molar-refractivity contribution is 6.31. The molecule has 0 fully saturated rings. The van der Waals surface area contributed by atoms with Gasteiger partial charge in [-0.2, -0.15) is 0 Å². The Morgan fingerprint density at radius 1 is 1.22 bits per heavy atom. The quantitative estimate of drug-likeness (QED) is 0.812. The Balaban J connectivity index is 2.24. The average Bonchev–Trinajstić information content (AvgIpc) is 2.33. The molecule has 3 nitrogen and oxygen atoms in total. The van der Waals surface area contributed by atoms with Gasteiger partial charge >= 0.3 is 0 Å². The van der Waals surface area contributed by atoms with E-state index in [0.29, 0.717) is 22.0 Å². The fraction of sp³-hybridized carbons (Fsp3) is 0.0714. The van der Waals surface area contributed by atoms with Gasteiger partial charge in [0.25, 0.3) is 5.91 Å². The molecule has 0 aliphatic carbocycles. The van der Waals surface area contributed by atoms with Crippen LogP contribution in [0.1, 0.15) is 15.9 Å². The Bertz CT molecular complexity index is 596. The predicted molar refractivity (Wildman–Crippen MR) is 75.0 cm³/mol. The monoisotopic (exact) mass is 260 g/mol. The van der Waals surface area contributed by atoms with Crippen LogP contribution in [0, 0.1) is 6.92 Å². The maximum absolute atomic E-state index is 12.1. The van der Waals surface area contributed by atoms with Crippen molar-refractivity contribution in [3.63, 3.8) is 0 Å². The van der Waals surface area contributed by atoms with E-state index in [9.17, 15) is 4.79 Å². The molecule has 1 amide bonds. The summed E-state index contributed by atoms with van der Waals surface area (Å²) in [6, 6.07) is 12.4. The normalized spacial score (nSPS) is 10.1. The number of halogens is 1. The summed E-state index contributed by atoms with van der Waals surface area (Å²) in [5.41, 5.74) is 8.35. The zero-order chi connectivity index (χ0) is 13.1. The summed E-state index contributed by atoms with van der Waals surface area (Å²) in [4.78, 5) is 12.1. The lowest BCUT2D eigenvalue weighted by Crippen LogP contribution is -2.14. The molecule has 0 aliphatic rings. The maximum atomic E-state index is 12.1. The van der Waals surface area contributed by atoms with E-state index in [1.165, 1.54) is 0 Å². The van der Waals surface area contributed by atoms with Gasteiger partial charge in [0.1, 0.15) is 0 Å². The first-order valence-electron chi connectivity index (χ1n) is 5.50. The smallest absolute Gasteiger partial charge is 0.255 e. The van der Waals surface area contributed by atoms with Crippen molar-refractivity contribution in [2.45, 2.75) is 6.92 Å². The highest BCUT2D eigenvalue weighted by atomic mass is 35.5. The highest BCUT2D eigenvalue weighted by Gasteiger charge is 2.10. The molecular formula is C14H13ClN2O. The van der Waals surface area contributed by atoms with Gasteiger partial charge in [-0.1, -0.05) is 29.8 Å². The summed E-state index contributed by atoms with van der Waals surface area (Å²) >= 11 is 5.80. The second kappa shape index (κ2) is 5.10. The van der Waals surface area contributed by atoms with Gasteiger partial charge in [-0.15, -0.1) is 0 Å². The number of nitrogen functional groups attached to an aromatic ring is 1. The van der Waals surface area contributed by atoms with E-state index < -0.39 is 0 Å². The number of aryl methyl sites for hydroxylation is 1. The van der Waals surface area contributed by atoms with Gasteiger partial charge in [0.15, 0.2) is 0 Å². The van der Waals surface area contributed by atoms with Gasteiger partial charge in [-0.3, -0.25) is 4.79 Å². The molecule has 0 saturated heterocycles. The van der Waals surface area contributed by atoms with Gasteiger partial charge in [-0.05, 0) is 36.8 Å². The Kier molecular flexibility index (Phi) is 3.53. The van der Waals surface area contributed by atoms with Crippen LogP contribution in [0.2, 0.25) is 5.02 Å². The molecule has 0 unspecified atom stereocenters. The fourth-order valence-electron chi connectivity index (χ4n) is 1.66. The third-order valence-electron chi connectivity index (χ3n) is 2.65. The minimum Gasteiger partial charge on any atom is -0.397 e. The van der Waals surface area contributed by atoms with E-state index in [-0.39, 0.29) is 5.91 Å². The topological polar surface area (TPSA) is 55.1 Å². The molecule has 0 radical (unpaired) electrons. The second-order valence-electron chi connectivity index (χ2n) is 4.00. The lowest BCUT2D eigenvalue weighted by Gasteiger charge is -2.09. The van der Waals surface area contributed by atoms with E-state index in [0.717, 1.165) is 5.56 Å². The number of carbonyl (C=O) groups is 1. The number of benzene rings is 2. The summed E-state index contributed by atoms with van der Waals surface area (Å²) in [6.07, 6.45) is 0. The van der Waals surface area contributed by atoms with Gasteiger partial charge < -0.3 is 11.1 Å². The Hall–Kier alpha value is -2.00. The molecular weight excluding hydrogens is 248 g/mol. The van der Waals surface area contributed by atoms with E-state index in [1.54, 1.807) is 24.3 Å². The van der Waals surface area contributed by atoms with E-state index in [1.807, 2.05) is 25.1 Å². The van der Waals surface area contributed by atoms with Crippen LogP contribution in [-0.2, 0) is 0 Å². The molecule has 4 heteroatoms. The molecule has 3 N–H and O–H groups in total. The van der Waals surface area contributed by atoms with Crippen molar-refractivity contribution in [3.8, 4) is 0 Å². The van der Waals surface area contributed by atoms with E-state index >= 15 is 0 Å². The largest absolute Gasteiger partial charge is 0.397 e. The summed E-state index contributed by atoms with van der Waals surface area (Å²) < 4.78 is 0. The zero-order valence-electron chi connectivity index (χ0n) is 9.91. The SMILES string of the molecule is Cc1ccccc1C(=O)Nc1ccc(Cl)cc1N. The maximum Gasteiger partial charge on any atom is 0.255 e. The third kappa shape index (κ3) is 2.63. The van der Waals surface area contributed by atoms with Crippen LogP contribution in [0.25, 0.3) is 0 Å². The predicted octanol–water partition coefficient (Wildman–Crippen LogP) is 3.48. The number of amides is 1. The number of carbonyl (C=O) groups excluding carboxylic acids is 1. The molecule has 0 bridgehead atoms. The van der Waals surface area contributed by atoms with Crippen LogP contribution >= 0.6 is 11.6 Å². The van der Waals surface area contributed by atoms with Crippen LogP contribution in [0.3, 0.4) is 0 Å². The first kappa shape index (κ1) is 12.5. The van der Waals surface area contributed by atoms with Crippen molar-refractivity contribution < 1.29 is 4.79 Å². The Morgan fingerprint density at radius 2 is 1.94 bits per heavy atom. The summed E-state index contributed by atoms with van der Waals surface area (Å²) in [5, 5.41) is 3.31. The minimum absolute atomic E-state index is 0.179. The Labute approximate surface area is 111 Å². The minimum atomic E-state index is -0.179. The van der Waals surface area contributed by atoms with Crippen LogP contribution in [0.15, 0.2) is 42.5 Å². The number of anilines is 2. The lowest BCUT2D eigenvalue weighted by atomic mass is 10.1. The first-order chi connectivity index (χ1) is 8.58. The average molecular weight is 261 g/mol. The van der Waals surface area contributed by atoms with Crippen molar-refractivity contribution in [2.24, 2.45) is 0 Å². The molecule has 0 heterocycles. The van der Waals surface area contributed by atoms with Gasteiger partial charge in [-0.25, -0.2) is 0 Å². The molecule has 0 saturated carbocycles. The molecule has 92 valence electrons. The van der Waals surface area contributed by atoms with Gasteiger partial charge in [0, 0.05) is 10.6 Å². The van der Waals surface area contributed by atoms with Crippen molar-refractivity contribution in [1.29, 1.82) is 0 Å². The van der Waals surface area contributed by atoms with Crippen molar-refractivity contribution in [2.75, 3.05) is 11.1 Å². The zero-order valence-corrected chi connectivity index (χ0v) is 10.7. The summed E-state index contributed by atoms with van der Waals surface area (Å²) in [7, 11) is 0. The molecule has 2 aromatic carbocycles. The Morgan fingerprint density at radius 3 is 2.61 bits per heavy atom. The molecule has 0 aromatic heterocycles. The number of hydrogen-bond acceptors (Lipinski definition) is 2. The fourth-order valence-corrected chi connectivity index (χ4v) is 1.85. The molecule has 18 heavy (non-hydrogen) atoms. The summed E-state index contributed by atoms with van der Waals surface area (Å²) in [6.45, 7) is 1.89. The lowest BCUT2D eigenvalue weighted by molar-refractivity contribution is 0.102. The van der Waals surface area contributed by atoms with Crippen molar-refractivity contribution in [1.82, 2.24) is 0 Å². The second-order valence-corrected chi connectivity index (χ2v) is 4.44. The summed E-state index contributed by atoms with van der Waals surface area (Å²) in [5.74, 6) is -0.179. The number of hydrogen-bond donors (Lipinski definition) is 2. The molecule has 2 rings (SSSR count). The van der Waals surface area contributed by atoms with E-state index in [4.69, 9.17) is 17.3 Å². The van der Waals surface area contributed by atoms with Gasteiger partial charge in [0.2, 0.25) is 0 Å². The van der Waals surface area contributed by atoms with Crippen LogP contribution < -0.4 is 11.1 Å². The van der Waals surface area contributed by atoms with Crippen LogP contribution in [0.5, 0.6) is 0 Å². The molecule has 2 aromatic rings. The van der Waals surface area contributed by atoms with Crippen molar-refractivity contribution in [3.05, 3.63) is 58.6 Å². The molecule has 0 aliphatic heterocycles. The number of nitrogens with two attached hydrogens (primary N) is 1. The molecule has 0 atom stereocenters. The highest BCUT2D eigenvalue weighted by Crippen LogP contribution is 2.23. The number of rotatable bonds is 2. The van der Waals surface area contributed by atoms with Crippen molar-refractivity contribution >= 4 is 28.9 Å². The van der Waals surface area contributed by atoms with Crippen LogP contribution in [0.4, 0.5) is 11.4 Å². The third-order valence-corrected chi connectivity index (χ3v) is 2.89. The number of nitrogens with one attached hydrogen (secondary N) is 1. The first-order valence-corrected chi connectivity index (χ1v) is 5.88. The standard InChI is InChI=1S/C14H13ClN2O/c1-9-4-2-3-5-11(9)14(18)17-13-7-6-10(15)8-12(13)16/h2-8H,16H2,1H3,(H,17,18). The van der Waals surface area contributed by atoms with Crippen LogP contribution in [-0.4, -0.2) is 5.91 Å². The van der Waals surface area contributed by atoms with E-state index in [2.05, 4.69) is 5.32 Å².